The SMILES string of the molecule is O=C(NCCc1nc2ccccc2[nH]1)c1cc(CN2CCC[C@H](O)C2)on1. The quantitative estimate of drug-likeness (QED) is 0.608. The number of carbonyl (C=O) groups is 1. The predicted molar refractivity (Wildman–Crippen MR) is 99.2 cm³/mol. The van der Waals surface area contributed by atoms with Crippen LogP contribution in [0.25, 0.3) is 11.0 Å². The largest absolute Gasteiger partial charge is 0.392 e. The number of hydrogen-bond acceptors (Lipinski definition) is 6. The molecule has 0 radical (unpaired) electrons. The van der Waals surface area contributed by atoms with Crippen LogP contribution < -0.4 is 5.32 Å². The molecular formula is C19H23N5O3. The molecule has 0 saturated carbocycles. The number of aromatic amines is 1. The van der Waals surface area contributed by atoms with Crippen LogP contribution in [0.15, 0.2) is 34.9 Å². The van der Waals surface area contributed by atoms with Gasteiger partial charge < -0.3 is 19.9 Å². The van der Waals surface area contributed by atoms with Gasteiger partial charge in [0.05, 0.1) is 23.7 Å². The van der Waals surface area contributed by atoms with Crippen LogP contribution >= 0.6 is 0 Å². The van der Waals surface area contributed by atoms with Crippen molar-refractivity contribution >= 4 is 16.9 Å². The molecule has 142 valence electrons. The Morgan fingerprint density at radius 2 is 2.30 bits per heavy atom. The highest BCUT2D eigenvalue weighted by molar-refractivity contribution is 5.92. The number of aliphatic hydroxyl groups is 1. The van der Waals surface area contributed by atoms with E-state index in [-0.39, 0.29) is 17.7 Å². The minimum Gasteiger partial charge on any atom is -0.392 e. The first-order valence-corrected chi connectivity index (χ1v) is 9.25. The van der Waals surface area contributed by atoms with Crippen molar-refractivity contribution in [2.45, 2.75) is 31.9 Å². The summed E-state index contributed by atoms with van der Waals surface area (Å²) < 4.78 is 5.28. The topological polar surface area (TPSA) is 107 Å². The van der Waals surface area contributed by atoms with Gasteiger partial charge in [-0.2, -0.15) is 0 Å². The van der Waals surface area contributed by atoms with Crippen molar-refractivity contribution in [3.05, 3.63) is 47.6 Å². The number of β-amino-alcohol motifs (C(OH)–C–C–N with tert-alkyl or cyclic N) is 1. The van der Waals surface area contributed by atoms with E-state index in [0.29, 0.717) is 31.8 Å². The highest BCUT2D eigenvalue weighted by Gasteiger charge is 2.20. The normalized spacial score (nSPS) is 18.0. The highest BCUT2D eigenvalue weighted by Crippen LogP contribution is 2.14. The third kappa shape index (κ3) is 4.35. The van der Waals surface area contributed by atoms with Gasteiger partial charge in [0.25, 0.3) is 5.91 Å². The van der Waals surface area contributed by atoms with Crippen LogP contribution in [-0.4, -0.2) is 56.8 Å². The maximum atomic E-state index is 12.2. The van der Waals surface area contributed by atoms with E-state index in [2.05, 4.69) is 25.3 Å². The molecule has 1 amide bonds. The predicted octanol–water partition coefficient (Wildman–Crippen LogP) is 1.48. The number of aliphatic hydroxyl groups excluding tert-OH is 1. The number of nitrogens with zero attached hydrogens (tertiary/aromatic N) is 3. The van der Waals surface area contributed by atoms with Gasteiger partial charge in [0.15, 0.2) is 11.5 Å². The van der Waals surface area contributed by atoms with E-state index in [0.717, 1.165) is 36.2 Å². The first kappa shape index (κ1) is 17.7. The van der Waals surface area contributed by atoms with Crippen LogP contribution in [0.1, 0.15) is 34.9 Å². The molecule has 3 aromatic rings. The number of rotatable bonds is 6. The average molecular weight is 369 g/mol. The second-order valence-electron chi connectivity index (χ2n) is 6.92. The molecule has 4 rings (SSSR count). The molecule has 1 aliphatic heterocycles. The Hall–Kier alpha value is -2.71. The Morgan fingerprint density at radius 3 is 3.15 bits per heavy atom. The third-order valence-electron chi connectivity index (χ3n) is 4.74. The van der Waals surface area contributed by atoms with Gasteiger partial charge >= 0.3 is 0 Å². The van der Waals surface area contributed by atoms with Crippen molar-refractivity contribution in [1.82, 2.24) is 25.3 Å². The number of H-pyrrole nitrogens is 1. The molecule has 1 atom stereocenters. The molecule has 8 nitrogen and oxygen atoms in total. The summed E-state index contributed by atoms with van der Waals surface area (Å²) in [4.78, 5) is 22.1. The van der Waals surface area contributed by atoms with Crippen LogP contribution in [0.5, 0.6) is 0 Å². The maximum Gasteiger partial charge on any atom is 0.273 e. The smallest absolute Gasteiger partial charge is 0.273 e. The molecule has 1 aromatic carbocycles. The Bertz CT molecular complexity index is 886. The van der Waals surface area contributed by atoms with Gasteiger partial charge in [-0.3, -0.25) is 9.69 Å². The summed E-state index contributed by atoms with van der Waals surface area (Å²) in [6.07, 6.45) is 2.12. The number of hydrogen-bond donors (Lipinski definition) is 3. The molecule has 27 heavy (non-hydrogen) atoms. The molecule has 8 heteroatoms. The zero-order valence-corrected chi connectivity index (χ0v) is 15.0. The van der Waals surface area contributed by atoms with E-state index in [1.165, 1.54) is 0 Å². The summed E-state index contributed by atoms with van der Waals surface area (Å²) >= 11 is 0. The van der Waals surface area contributed by atoms with Gasteiger partial charge in [0.2, 0.25) is 0 Å². The molecule has 2 aromatic heterocycles. The van der Waals surface area contributed by atoms with Crippen molar-refractivity contribution in [1.29, 1.82) is 0 Å². The third-order valence-corrected chi connectivity index (χ3v) is 4.74. The molecule has 3 heterocycles. The Kier molecular flexibility index (Phi) is 5.17. The summed E-state index contributed by atoms with van der Waals surface area (Å²) in [5.74, 6) is 1.20. The van der Waals surface area contributed by atoms with E-state index >= 15 is 0 Å². The molecule has 0 spiro atoms. The van der Waals surface area contributed by atoms with E-state index in [1.807, 2.05) is 24.3 Å². The standard InChI is InChI=1S/C19H23N5O3/c25-13-4-3-9-24(11-13)12-14-10-17(23-27-14)19(26)20-8-7-18-21-15-5-1-2-6-16(15)22-18/h1-2,5-6,10,13,25H,3-4,7-9,11-12H2,(H,20,26)(H,21,22)/t13-/m0/s1. The van der Waals surface area contributed by atoms with Crippen LogP contribution in [0.2, 0.25) is 0 Å². The number of fused-ring (bicyclic) bond motifs is 1. The second kappa shape index (κ2) is 7.89. The molecule has 1 aliphatic rings. The number of amides is 1. The summed E-state index contributed by atoms with van der Waals surface area (Å²) in [5, 5.41) is 16.4. The minimum atomic E-state index is -0.289. The van der Waals surface area contributed by atoms with Gasteiger partial charge in [-0.1, -0.05) is 17.3 Å². The van der Waals surface area contributed by atoms with Crippen LogP contribution in [-0.2, 0) is 13.0 Å². The van der Waals surface area contributed by atoms with Crippen molar-refractivity contribution in [3.63, 3.8) is 0 Å². The highest BCUT2D eigenvalue weighted by atomic mass is 16.5. The number of para-hydroxylation sites is 2. The van der Waals surface area contributed by atoms with E-state index in [4.69, 9.17) is 4.52 Å². The van der Waals surface area contributed by atoms with E-state index < -0.39 is 0 Å². The fourth-order valence-corrected chi connectivity index (χ4v) is 3.40. The van der Waals surface area contributed by atoms with Crippen molar-refractivity contribution in [2.75, 3.05) is 19.6 Å². The molecule has 1 saturated heterocycles. The number of likely N-dealkylation sites (tertiary alicyclic amines) is 1. The summed E-state index contributed by atoms with van der Waals surface area (Å²) in [7, 11) is 0. The van der Waals surface area contributed by atoms with Gasteiger partial charge in [0.1, 0.15) is 5.82 Å². The fourth-order valence-electron chi connectivity index (χ4n) is 3.40. The maximum absolute atomic E-state index is 12.2. The lowest BCUT2D eigenvalue weighted by Crippen LogP contribution is -2.37. The van der Waals surface area contributed by atoms with Crippen molar-refractivity contribution in [3.8, 4) is 0 Å². The van der Waals surface area contributed by atoms with Crippen LogP contribution in [0.4, 0.5) is 0 Å². The fraction of sp³-hybridized carbons (Fsp3) is 0.421. The second-order valence-corrected chi connectivity index (χ2v) is 6.92. The Labute approximate surface area is 156 Å². The van der Waals surface area contributed by atoms with E-state index in [1.54, 1.807) is 6.07 Å². The average Bonchev–Trinajstić information content (AvgIpc) is 3.28. The number of imidazole rings is 1. The minimum absolute atomic E-state index is 0.264. The van der Waals surface area contributed by atoms with E-state index in [9.17, 15) is 9.90 Å². The molecule has 1 fully saturated rings. The first-order valence-electron chi connectivity index (χ1n) is 9.25. The van der Waals surface area contributed by atoms with Gasteiger partial charge in [-0.05, 0) is 31.5 Å². The first-order chi connectivity index (χ1) is 13.2. The molecule has 0 unspecified atom stereocenters. The summed E-state index contributed by atoms with van der Waals surface area (Å²) in [6, 6.07) is 9.49. The lowest BCUT2D eigenvalue weighted by molar-refractivity contribution is 0.0622. The summed E-state index contributed by atoms with van der Waals surface area (Å²) in [5.41, 5.74) is 2.18. The Balaban J connectivity index is 1.27. The van der Waals surface area contributed by atoms with Crippen LogP contribution in [0.3, 0.4) is 0 Å². The zero-order valence-electron chi connectivity index (χ0n) is 15.0. The number of aromatic nitrogens is 3. The number of benzene rings is 1. The number of carbonyl (C=O) groups excluding carboxylic acids is 1. The van der Waals surface area contributed by atoms with Crippen molar-refractivity contribution in [2.24, 2.45) is 0 Å². The molecular weight excluding hydrogens is 346 g/mol. The van der Waals surface area contributed by atoms with Gasteiger partial charge in [-0.25, -0.2) is 4.98 Å². The van der Waals surface area contributed by atoms with Gasteiger partial charge in [-0.15, -0.1) is 0 Å². The number of nitrogens with one attached hydrogen (secondary N) is 2. The summed E-state index contributed by atoms with van der Waals surface area (Å²) in [6.45, 7) is 2.55. The Morgan fingerprint density at radius 1 is 1.41 bits per heavy atom. The molecule has 0 aliphatic carbocycles. The van der Waals surface area contributed by atoms with Crippen molar-refractivity contribution < 1.29 is 14.4 Å². The lowest BCUT2D eigenvalue weighted by Gasteiger charge is -2.28. The molecule has 3 N–H and O–H groups in total. The van der Waals surface area contributed by atoms with Crippen LogP contribution in [0, 0.1) is 0 Å². The lowest BCUT2D eigenvalue weighted by atomic mass is 10.1. The zero-order chi connectivity index (χ0) is 18.6. The monoisotopic (exact) mass is 369 g/mol. The molecule has 0 bridgehead atoms. The number of piperidine rings is 1. The van der Waals surface area contributed by atoms with Gasteiger partial charge in [0, 0.05) is 25.6 Å².